The summed E-state index contributed by atoms with van der Waals surface area (Å²) in [5, 5.41) is 3.75. The van der Waals surface area contributed by atoms with Crippen LogP contribution in [-0.2, 0) is 28.5 Å². The molecular formula is C30H59NO6. The highest BCUT2D eigenvalue weighted by Gasteiger charge is 2.30. The number of hydrogen-bond donors (Lipinski definition) is 1. The molecule has 0 aliphatic heterocycles. The molecule has 0 atom stereocenters. The minimum absolute atomic E-state index is 0.142. The van der Waals surface area contributed by atoms with E-state index in [4.69, 9.17) is 18.9 Å². The van der Waals surface area contributed by atoms with Gasteiger partial charge in [0.2, 0.25) is 0 Å². The molecule has 0 aliphatic rings. The monoisotopic (exact) mass is 529 g/mol. The van der Waals surface area contributed by atoms with Gasteiger partial charge in [-0.25, -0.2) is 0 Å². The second-order valence-electron chi connectivity index (χ2n) is 14.8. The number of carbonyl (C=O) groups excluding carboxylic acids is 2. The fourth-order valence-electron chi connectivity index (χ4n) is 3.94. The van der Waals surface area contributed by atoms with E-state index in [1.807, 2.05) is 69.2 Å². The molecule has 0 unspecified atom stereocenters. The quantitative estimate of drug-likeness (QED) is 0.221. The Morgan fingerprint density at radius 1 is 0.514 bits per heavy atom. The number of ether oxygens (including phenoxy) is 4. The molecule has 7 nitrogen and oxygen atoms in total. The maximum atomic E-state index is 12.0. The summed E-state index contributed by atoms with van der Waals surface area (Å²) < 4.78 is 23.1. The maximum absolute atomic E-state index is 12.0. The SMILES string of the molecule is CC(C)(CCOC(C)(C)CCC(=O)OC(C)(C)C)NC(C)(C)CCOC(C)(C)CCC(=O)OC(C)(C)C. The van der Waals surface area contributed by atoms with Gasteiger partial charge in [-0.05, 0) is 123 Å². The van der Waals surface area contributed by atoms with Crippen LogP contribution in [0, 0.1) is 0 Å². The summed E-state index contributed by atoms with van der Waals surface area (Å²) in [6.07, 6.45) is 3.56. The van der Waals surface area contributed by atoms with Crippen LogP contribution in [0.25, 0.3) is 0 Å². The van der Waals surface area contributed by atoms with Gasteiger partial charge in [0.25, 0.3) is 0 Å². The van der Waals surface area contributed by atoms with Crippen molar-refractivity contribution in [2.45, 2.75) is 169 Å². The molecule has 0 aromatic heterocycles. The van der Waals surface area contributed by atoms with Crippen molar-refractivity contribution >= 4 is 11.9 Å². The Bertz CT molecular complexity index is 651. The molecule has 37 heavy (non-hydrogen) atoms. The number of esters is 2. The van der Waals surface area contributed by atoms with E-state index in [9.17, 15) is 9.59 Å². The minimum atomic E-state index is -0.467. The molecule has 0 spiro atoms. The van der Waals surface area contributed by atoms with E-state index in [1.54, 1.807) is 0 Å². The van der Waals surface area contributed by atoms with Crippen molar-refractivity contribution in [2.75, 3.05) is 13.2 Å². The summed E-state index contributed by atoms with van der Waals surface area (Å²) in [5.74, 6) is -0.383. The Morgan fingerprint density at radius 3 is 1.08 bits per heavy atom. The predicted molar refractivity (Wildman–Crippen MR) is 151 cm³/mol. The zero-order chi connectivity index (χ0) is 29.3. The third-order valence-electron chi connectivity index (χ3n) is 5.82. The molecule has 0 bridgehead atoms. The maximum Gasteiger partial charge on any atom is 0.306 e. The lowest BCUT2D eigenvalue weighted by atomic mass is 9.92. The third-order valence-corrected chi connectivity index (χ3v) is 5.82. The summed E-state index contributed by atoms with van der Waals surface area (Å²) in [7, 11) is 0. The molecule has 0 aromatic rings. The highest BCUT2D eigenvalue weighted by atomic mass is 16.6. The van der Waals surface area contributed by atoms with Gasteiger partial charge in [0.05, 0.1) is 11.2 Å². The molecule has 0 heterocycles. The average molecular weight is 530 g/mol. The Labute approximate surface area is 228 Å². The zero-order valence-corrected chi connectivity index (χ0v) is 26.6. The fourth-order valence-corrected chi connectivity index (χ4v) is 3.94. The van der Waals surface area contributed by atoms with Crippen molar-refractivity contribution in [2.24, 2.45) is 0 Å². The van der Waals surface area contributed by atoms with E-state index in [2.05, 4.69) is 33.0 Å². The van der Waals surface area contributed by atoms with Crippen LogP contribution < -0.4 is 5.32 Å². The van der Waals surface area contributed by atoms with Gasteiger partial charge < -0.3 is 24.3 Å². The summed E-state index contributed by atoms with van der Waals surface area (Å²) in [6.45, 7) is 29.2. The van der Waals surface area contributed by atoms with Crippen molar-refractivity contribution in [3.63, 3.8) is 0 Å². The molecule has 0 aromatic carbocycles. The molecule has 1 N–H and O–H groups in total. The van der Waals surface area contributed by atoms with E-state index in [0.29, 0.717) is 38.9 Å². The number of rotatable bonds is 16. The Kier molecular flexibility index (Phi) is 13.3. The first-order valence-corrected chi connectivity index (χ1v) is 13.8. The van der Waals surface area contributed by atoms with Crippen LogP contribution in [0.1, 0.15) is 135 Å². The molecule has 0 saturated carbocycles. The van der Waals surface area contributed by atoms with Gasteiger partial charge in [-0.2, -0.15) is 0 Å². The number of hydrogen-bond acceptors (Lipinski definition) is 7. The van der Waals surface area contributed by atoms with E-state index in [1.165, 1.54) is 0 Å². The van der Waals surface area contributed by atoms with Crippen LogP contribution in [0.5, 0.6) is 0 Å². The van der Waals surface area contributed by atoms with Crippen molar-refractivity contribution in [3.8, 4) is 0 Å². The largest absolute Gasteiger partial charge is 0.460 e. The van der Waals surface area contributed by atoms with Crippen molar-refractivity contribution in [1.82, 2.24) is 5.32 Å². The van der Waals surface area contributed by atoms with Crippen molar-refractivity contribution in [1.29, 1.82) is 0 Å². The van der Waals surface area contributed by atoms with Gasteiger partial charge in [-0.1, -0.05) is 0 Å². The third kappa shape index (κ3) is 20.5. The molecule has 0 amide bonds. The van der Waals surface area contributed by atoms with Crippen LogP contribution in [0.3, 0.4) is 0 Å². The first-order valence-electron chi connectivity index (χ1n) is 13.8. The van der Waals surface area contributed by atoms with Gasteiger partial charge in [0.15, 0.2) is 0 Å². The summed E-state index contributed by atoms with van der Waals surface area (Å²) in [5.41, 5.74) is -2.02. The van der Waals surface area contributed by atoms with Gasteiger partial charge in [-0.15, -0.1) is 0 Å². The summed E-state index contributed by atoms with van der Waals surface area (Å²) in [4.78, 5) is 24.1. The first kappa shape index (κ1) is 35.8. The van der Waals surface area contributed by atoms with Crippen LogP contribution in [0.15, 0.2) is 0 Å². The first-order chi connectivity index (χ1) is 16.3. The van der Waals surface area contributed by atoms with Gasteiger partial charge in [-0.3, -0.25) is 9.59 Å². The molecule has 0 fully saturated rings. The molecule has 0 saturated heterocycles. The second kappa shape index (κ2) is 13.7. The van der Waals surface area contributed by atoms with E-state index in [0.717, 1.165) is 12.8 Å². The van der Waals surface area contributed by atoms with E-state index in [-0.39, 0.29) is 23.0 Å². The van der Waals surface area contributed by atoms with Gasteiger partial charge in [0, 0.05) is 37.1 Å². The fraction of sp³-hybridized carbons (Fsp3) is 0.933. The Morgan fingerprint density at radius 2 is 0.811 bits per heavy atom. The standard InChI is InChI=1S/C30H59NO6/c1-25(2,3)36-23(32)15-17-29(11,12)34-21-19-27(7,8)31-28(9,10)20-22-35-30(13,14)18-16-24(33)37-26(4,5)6/h31H,15-22H2,1-14H3. The summed E-state index contributed by atoms with van der Waals surface area (Å²) >= 11 is 0. The molecule has 220 valence electrons. The van der Waals surface area contributed by atoms with Crippen LogP contribution in [-0.4, -0.2) is 58.6 Å². The predicted octanol–water partition coefficient (Wildman–Crippen LogP) is 6.75. The lowest BCUT2D eigenvalue weighted by molar-refractivity contribution is -0.157. The molecular weight excluding hydrogens is 470 g/mol. The minimum Gasteiger partial charge on any atom is -0.460 e. The lowest BCUT2D eigenvalue weighted by Gasteiger charge is -2.39. The van der Waals surface area contributed by atoms with Crippen LogP contribution >= 0.6 is 0 Å². The molecule has 0 aliphatic carbocycles. The normalized spacial score (nSPS) is 14.0. The van der Waals surface area contributed by atoms with Crippen molar-refractivity contribution < 1.29 is 28.5 Å². The Balaban J connectivity index is 4.49. The lowest BCUT2D eigenvalue weighted by Crippen LogP contribution is -2.53. The van der Waals surface area contributed by atoms with Crippen molar-refractivity contribution in [3.05, 3.63) is 0 Å². The molecule has 0 rings (SSSR count). The topological polar surface area (TPSA) is 83.1 Å². The summed E-state index contributed by atoms with van der Waals surface area (Å²) in [6, 6.07) is 0. The zero-order valence-electron chi connectivity index (χ0n) is 26.6. The van der Waals surface area contributed by atoms with Gasteiger partial charge in [0.1, 0.15) is 11.2 Å². The van der Waals surface area contributed by atoms with Crippen LogP contribution in [0.4, 0.5) is 0 Å². The molecule has 0 radical (unpaired) electrons. The average Bonchev–Trinajstić information content (AvgIpc) is 2.60. The molecule has 7 heteroatoms. The Hall–Kier alpha value is -1.18. The second-order valence-corrected chi connectivity index (χ2v) is 14.8. The smallest absolute Gasteiger partial charge is 0.306 e. The van der Waals surface area contributed by atoms with E-state index >= 15 is 0 Å². The highest BCUT2D eigenvalue weighted by Crippen LogP contribution is 2.24. The van der Waals surface area contributed by atoms with E-state index < -0.39 is 22.4 Å². The van der Waals surface area contributed by atoms with Crippen LogP contribution in [0.2, 0.25) is 0 Å². The number of carbonyl (C=O) groups is 2. The highest BCUT2D eigenvalue weighted by molar-refractivity contribution is 5.70. The van der Waals surface area contributed by atoms with Gasteiger partial charge >= 0.3 is 11.9 Å². The number of nitrogens with one attached hydrogen (secondary N) is 1.